The zero-order valence-corrected chi connectivity index (χ0v) is 11.2. The number of ether oxygens (including phenoxy) is 1. The summed E-state index contributed by atoms with van der Waals surface area (Å²) in [5, 5.41) is 1.31. The number of hydrogen-bond donors (Lipinski definition) is 0. The van der Waals surface area contributed by atoms with Gasteiger partial charge >= 0.3 is 5.97 Å². The summed E-state index contributed by atoms with van der Waals surface area (Å²) >= 11 is 0. The predicted octanol–water partition coefficient (Wildman–Crippen LogP) is 2.10. The Hall–Kier alpha value is -1.29. The largest absolute Gasteiger partial charge is 0.472 e. The molecule has 1 aromatic heterocycles. The minimum absolute atomic E-state index is 0.321. The molecule has 0 aromatic carbocycles. The molecule has 3 nitrogen and oxygen atoms in total. The average Bonchev–Trinajstić information content (AvgIpc) is 2.65. The van der Waals surface area contributed by atoms with Gasteiger partial charge in [-0.1, -0.05) is 25.7 Å². The Morgan fingerprint density at radius 3 is 2.69 bits per heavy atom. The van der Waals surface area contributed by atoms with Gasteiger partial charge < -0.3 is 9.15 Å². The molecular formula is C12H18O3Si. The zero-order chi connectivity index (χ0) is 12.2. The van der Waals surface area contributed by atoms with Crippen LogP contribution in [0.4, 0.5) is 0 Å². The first-order valence-corrected chi connectivity index (χ1v) is 8.75. The lowest BCUT2D eigenvalue weighted by Gasteiger charge is -2.15. The second kappa shape index (κ2) is 5.16. The smallest absolute Gasteiger partial charge is 0.330 e. The third-order valence-electron chi connectivity index (χ3n) is 2.34. The molecule has 88 valence electrons. The molecule has 1 aromatic rings. The van der Waals surface area contributed by atoms with Crippen LogP contribution in [0.15, 0.2) is 29.1 Å². The van der Waals surface area contributed by atoms with E-state index in [9.17, 15) is 4.79 Å². The summed E-state index contributed by atoms with van der Waals surface area (Å²) in [5.41, 5.74) is 1.17. The fourth-order valence-corrected chi connectivity index (χ4v) is 3.04. The fourth-order valence-electron chi connectivity index (χ4n) is 1.49. The molecular weight excluding hydrogens is 220 g/mol. The van der Waals surface area contributed by atoms with E-state index >= 15 is 0 Å². The third kappa shape index (κ3) is 3.38. The van der Waals surface area contributed by atoms with Crippen LogP contribution in [-0.4, -0.2) is 21.2 Å². The van der Waals surface area contributed by atoms with Gasteiger partial charge in [-0.15, -0.1) is 0 Å². The van der Waals surface area contributed by atoms with Crippen LogP contribution in [0.5, 0.6) is 0 Å². The summed E-state index contributed by atoms with van der Waals surface area (Å²) in [6.07, 6.45) is 7.55. The molecule has 0 N–H and O–H groups in total. The maximum absolute atomic E-state index is 10.9. The van der Waals surface area contributed by atoms with Crippen LogP contribution in [0.2, 0.25) is 19.6 Å². The van der Waals surface area contributed by atoms with Gasteiger partial charge in [0, 0.05) is 6.08 Å². The van der Waals surface area contributed by atoms with Crippen molar-refractivity contribution in [2.45, 2.75) is 26.1 Å². The molecule has 0 aliphatic carbocycles. The summed E-state index contributed by atoms with van der Waals surface area (Å²) in [5.74, 6) is -0.321. The molecule has 0 aliphatic rings. The van der Waals surface area contributed by atoms with Crippen molar-refractivity contribution in [3.8, 4) is 0 Å². The summed E-state index contributed by atoms with van der Waals surface area (Å²) in [4.78, 5) is 10.9. The van der Waals surface area contributed by atoms with Crippen molar-refractivity contribution in [3.63, 3.8) is 0 Å². The minimum atomic E-state index is -1.35. The van der Waals surface area contributed by atoms with Gasteiger partial charge in [-0.3, -0.25) is 0 Å². The second-order valence-corrected chi connectivity index (χ2v) is 9.73. The minimum Gasteiger partial charge on any atom is -0.472 e. The maximum atomic E-state index is 10.9. The number of allylic oxidation sites excluding steroid dienone is 1. The molecule has 4 heteroatoms. The van der Waals surface area contributed by atoms with Crippen molar-refractivity contribution in [1.82, 2.24) is 0 Å². The standard InChI is InChI=1S/C12H18O3Si/c1-14-12(13)7-5-6-10-8-15-9-11(10)16(2,3)4/h5,7-9H,6H2,1-4H3/b7-5+. The lowest BCUT2D eigenvalue weighted by Crippen LogP contribution is -2.38. The maximum Gasteiger partial charge on any atom is 0.330 e. The van der Waals surface area contributed by atoms with Crippen LogP contribution >= 0.6 is 0 Å². The number of rotatable bonds is 4. The fraction of sp³-hybridized carbons (Fsp3) is 0.417. The van der Waals surface area contributed by atoms with Crippen LogP contribution in [0.3, 0.4) is 0 Å². The molecule has 16 heavy (non-hydrogen) atoms. The van der Waals surface area contributed by atoms with E-state index in [0.29, 0.717) is 6.42 Å². The monoisotopic (exact) mass is 238 g/mol. The van der Waals surface area contributed by atoms with Crippen LogP contribution in [0.1, 0.15) is 5.56 Å². The van der Waals surface area contributed by atoms with Crippen LogP contribution in [0.25, 0.3) is 0 Å². The summed E-state index contributed by atoms with van der Waals surface area (Å²) in [6, 6.07) is 0. The van der Waals surface area contributed by atoms with E-state index in [1.807, 2.05) is 6.26 Å². The molecule has 0 saturated heterocycles. The van der Waals surface area contributed by atoms with E-state index in [1.54, 1.807) is 12.3 Å². The molecule has 0 radical (unpaired) electrons. The van der Waals surface area contributed by atoms with Gasteiger partial charge in [0.2, 0.25) is 0 Å². The van der Waals surface area contributed by atoms with Crippen molar-refractivity contribution in [1.29, 1.82) is 0 Å². The third-order valence-corrected chi connectivity index (χ3v) is 4.40. The number of esters is 1. The molecule has 0 unspecified atom stereocenters. The molecule has 0 atom stereocenters. The Labute approximate surface area is 97.1 Å². The van der Waals surface area contributed by atoms with Gasteiger partial charge in [0.25, 0.3) is 0 Å². The number of hydrogen-bond acceptors (Lipinski definition) is 3. The van der Waals surface area contributed by atoms with Gasteiger partial charge in [0.05, 0.1) is 27.7 Å². The van der Waals surface area contributed by atoms with E-state index in [0.717, 1.165) is 0 Å². The zero-order valence-electron chi connectivity index (χ0n) is 10.2. The van der Waals surface area contributed by atoms with Gasteiger partial charge in [-0.2, -0.15) is 0 Å². The lowest BCUT2D eigenvalue weighted by molar-refractivity contribution is -0.134. The second-order valence-electron chi connectivity index (χ2n) is 4.69. The van der Waals surface area contributed by atoms with Gasteiger partial charge in [-0.25, -0.2) is 4.79 Å². The predicted molar refractivity (Wildman–Crippen MR) is 66.5 cm³/mol. The number of methoxy groups -OCH3 is 1. The highest BCUT2D eigenvalue weighted by molar-refractivity contribution is 6.89. The van der Waals surface area contributed by atoms with Crippen molar-refractivity contribution >= 4 is 19.2 Å². The number of furan rings is 1. The van der Waals surface area contributed by atoms with Crippen LogP contribution in [-0.2, 0) is 16.0 Å². The van der Waals surface area contributed by atoms with E-state index in [4.69, 9.17) is 4.42 Å². The average molecular weight is 238 g/mol. The number of carbonyl (C=O) groups is 1. The highest BCUT2D eigenvalue weighted by atomic mass is 28.3. The Morgan fingerprint density at radius 1 is 1.44 bits per heavy atom. The van der Waals surface area contributed by atoms with E-state index < -0.39 is 8.07 Å². The molecule has 0 saturated carbocycles. The number of carbonyl (C=O) groups excluding carboxylic acids is 1. The van der Waals surface area contributed by atoms with Gasteiger partial charge in [0.1, 0.15) is 0 Å². The first kappa shape index (κ1) is 12.8. The van der Waals surface area contributed by atoms with Crippen molar-refractivity contribution in [2.24, 2.45) is 0 Å². The first-order chi connectivity index (χ1) is 7.45. The molecule has 0 fully saturated rings. The Morgan fingerprint density at radius 2 is 2.12 bits per heavy atom. The van der Waals surface area contributed by atoms with Crippen molar-refractivity contribution < 1.29 is 13.9 Å². The SMILES string of the molecule is COC(=O)/C=C/Cc1cocc1[Si](C)(C)C. The van der Waals surface area contributed by atoms with Gasteiger partial charge in [-0.05, 0) is 17.2 Å². The topological polar surface area (TPSA) is 39.4 Å². The van der Waals surface area contributed by atoms with Crippen LogP contribution < -0.4 is 5.19 Å². The quantitative estimate of drug-likeness (QED) is 0.458. The van der Waals surface area contributed by atoms with E-state index in [1.165, 1.54) is 23.9 Å². The Bertz CT molecular complexity index is 385. The first-order valence-electron chi connectivity index (χ1n) is 5.25. The molecule has 0 spiro atoms. The van der Waals surface area contributed by atoms with Gasteiger partial charge in [0.15, 0.2) is 0 Å². The summed E-state index contributed by atoms with van der Waals surface area (Å²) in [6.45, 7) is 6.81. The Kier molecular flexibility index (Phi) is 4.12. The molecule has 0 aliphatic heterocycles. The molecule has 0 bridgehead atoms. The molecule has 0 amide bonds. The highest BCUT2D eigenvalue weighted by Crippen LogP contribution is 2.09. The summed E-state index contributed by atoms with van der Waals surface area (Å²) in [7, 11) is 0.0181. The highest BCUT2D eigenvalue weighted by Gasteiger charge is 2.21. The lowest BCUT2D eigenvalue weighted by atomic mass is 10.2. The van der Waals surface area contributed by atoms with E-state index in [2.05, 4.69) is 24.4 Å². The molecule has 1 rings (SSSR count). The summed E-state index contributed by atoms with van der Waals surface area (Å²) < 4.78 is 9.77. The Balaban J connectivity index is 2.72. The van der Waals surface area contributed by atoms with Crippen molar-refractivity contribution in [3.05, 3.63) is 30.2 Å². The van der Waals surface area contributed by atoms with Crippen molar-refractivity contribution in [2.75, 3.05) is 7.11 Å². The normalized spacial score (nSPS) is 12.0. The van der Waals surface area contributed by atoms with E-state index in [-0.39, 0.29) is 5.97 Å². The van der Waals surface area contributed by atoms with Crippen LogP contribution in [0, 0.1) is 0 Å². The molecule has 1 heterocycles.